The van der Waals surface area contributed by atoms with E-state index >= 15 is 0 Å². The lowest BCUT2D eigenvalue weighted by atomic mass is 9.96. The van der Waals surface area contributed by atoms with E-state index in [0.717, 1.165) is 38.2 Å². The van der Waals surface area contributed by atoms with E-state index in [1.54, 1.807) is 30.5 Å². The lowest BCUT2D eigenvalue weighted by Gasteiger charge is -2.33. The van der Waals surface area contributed by atoms with Gasteiger partial charge in [-0.05, 0) is 49.6 Å². The molecule has 7 nitrogen and oxygen atoms in total. The summed E-state index contributed by atoms with van der Waals surface area (Å²) in [4.78, 5) is 18.5. The van der Waals surface area contributed by atoms with Crippen LogP contribution in [0, 0.1) is 5.92 Å². The lowest BCUT2D eigenvalue weighted by Crippen LogP contribution is -2.43. The van der Waals surface area contributed by atoms with Crippen LogP contribution in [0.2, 0.25) is 5.02 Å². The molecule has 1 amide bonds. The fourth-order valence-corrected chi connectivity index (χ4v) is 3.91. The molecule has 3 N–H and O–H groups in total. The number of benzene rings is 1. The van der Waals surface area contributed by atoms with Crippen LogP contribution >= 0.6 is 11.6 Å². The number of nitrogen functional groups attached to an aromatic ring is 1. The maximum Gasteiger partial charge on any atom is 0.257 e. The summed E-state index contributed by atoms with van der Waals surface area (Å²) in [6.07, 6.45) is 3.47. The van der Waals surface area contributed by atoms with Gasteiger partial charge in [0.05, 0.1) is 5.56 Å². The van der Waals surface area contributed by atoms with Crippen molar-refractivity contribution in [2.45, 2.75) is 18.9 Å². The molecule has 2 aliphatic heterocycles. The van der Waals surface area contributed by atoms with Crippen LogP contribution in [0.4, 0.5) is 5.82 Å². The fraction of sp³-hybridized carbons (Fsp3) is 0.429. The molecular weight excluding hydrogens is 392 g/mol. The van der Waals surface area contributed by atoms with Gasteiger partial charge in [0, 0.05) is 36.9 Å². The monoisotopic (exact) mass is 416 g/mol. The molecule has 0 aliphatic carbocycles. The summed E-state index contributed by atoms with van der Waals surface area (Å²) in [5, 5.41) is 4.12. The maximum absolute atomic E-state index is 12.6. The van der Waals surface area contributed by atoms with Gasteiger partial charge in [-0.3, -0.25) is 4.79 Å². The molecule has 29 heavy (non-hydrogen) atoms. The van der Waals surface area contributed by atoms with E-state index in [9.17, 15) is 4.79 Å². The molecule has 154 valence electrons. The number of pyridine rings is 1. The van der Waals surface area contributed by atoms with Crippen LogP contribution in [0.3, 0.4) is 0 Å². The highest BCUT2D eigenvalue weighted by Crippen LogP contribution is 2.33. The van der Waals surface area contributed by atoms with Gasteiger partial charge < -0.3 is 25.4 Å². The molecule has 1 fully saturated rings. The van der Waals surface area contributed by atoms with E-state index in [0.29, 0.717) is 41.2 Å². The second kappa shape index (κ2) is 8.88. The summed E-state index contributed by atoms with van der Waals surface area (Å²) >= 11 is 6.02. The molecule has 4 rings (SSSR count). The number of aromatic nitrogens is 1. The highest BCUT2D eigenvalue weighted by atomic mass is 35.5. The van der Waals surface area contributed by atoms with Crippen molar-refractivity contribution in [3.63, 3.8) is 0 Å². The molecule has 0 saturated carbocycles. The average molecular weight is 417 g/mol. The van der Waals surface area contributed by atoms with Crippen molar-refractivity contribution < 1.29 is 14.3 Å². The Labute approximate surface area is 175 Å². The molecule has 1 saturated heterocycles. The molecule has 2 aliphatic rings. The van der Waals surface area contributed by atoms with Crippen molar-refractivity contribution in [3.05, 3.63) is 47.1 Å². The molecule has 2 aromatic rings. The van der Waals surface area contributed by atoms with Crippen LogP contribution in [0.25, 0.3) is 0 Å². The molecule has 3 heterocycles. The van der Waals surface area contributed by atoms with Gasteiger partial charge in [-0.25, -0.2) is 4.98 Å². The number of hydrogen-bond acceptors (Lipinski definition) is 6. The fourth-order valence-electron chi connectivity index (χ4n) is 3.75. The van der Waals surface area contributed by atoms with Crippen LogP contribution in [-0.2, 0) is 0 Å². The Morgan fingerprint density at radius 1 is 1.24 bits per heavy atom. The number of rotatable bonds is 5. The molecule has 0 spiro atoms. The number of halogens is 1. The van der Waals surface area contributed by atoms with Crippen LogP contribution in [0.1, 0.15) is 23.2 Å². The summed E-state index contributed by atoms with van der Waals surface area (Å²) < 4.78 is 11.7. The topological polar surface area (TPSA) is 89.7 Å². The van der Waals surface area contributed by atoms with E-state index in [4.69, 9.17) is 26.8 Å². The number of hydrogen-bond donors (Lipinski definition) is 2. The van der Waals surface area contributed by atoms with Crippen molar-refractivity contribution in [1.29, 1.82) is 0 Å². The van der Waals surface area contributed by atoms with Crippen molar-refractivity contribution in [2.75, 3.05) is 38.5 Å². The van der Waals surface area contributed by atoms with Crippen LogP contribution < -0.4 is 20.5 Å². The van der Waals surface area contributed by atoms with Gasteiger partial charge in [0.15, 0.2) is 11.5 Å². The van der Waals surface area contributed by atoms with Crippen LogP contribution in [0.5, 0.6) is 11.5 Å². The first-order valence-electron chi connectivity index (χ1n) is 9.89. The van der Waals surface area contributed by atoms with E-state index in [2.05, 4.69) is 10.3 Å². The first-order valence-corrected chi connectivity index (χ1v) is 10.3. The van der Waals surface area contributed by atoms with Gasteiger partial charge in [0.2, 0.25) is 0 Å². The zero-order valence-electron chi connectivity index (χ0n) is 16.1. The summed E-state index contributed by atoms with van der Waals surface area (Å²) in [6, 6.07) is 8.88. The molecule has 0 bridgehead atoms. The molecule has 1 aromatic carbocycles. The lowest BCUT2D eigenvalue weighted by molar-refractivity contribution is 0.0682. The number of anilines is 1. The minimum Gasteiger partial charge on any atom is -0.486 e. The summed E-state index contributed by atoms with van der Waals surface area (Å²) in [5.74, 6) is 2.21. The number of likely N-dealkylation sites (tertiary alicyclic amines) is 1. The largest absolute Gasteiger partial charge is 0.486 e. The quantitative estimate of drug-likeness (QED) is 0.778. The standard InChI is InChI=1S/C21H25ClN4O3/c22-15-3-4-18-19(10-15)29-16(13-28-18)12-24-11-14-5-8-26(9-6-14)21(27)17-2-1-7-25-20(17)23/h1-4,7,10,14,16,24H,5-6,8-9,11-13H2,(H2,23,25). The third-order valence-corrected chi connectivity index (χ3v) is 5.63. The summed E-state index contributed by atoms with van der Waals surface area (Å²) in [7, 11) is 0. The minimum absolute atomic E-state index is 0.0351. The number of carbonyl (C=O) groups is 1. The second-order valence-electron chi connectivity index (χ2n) is 7.47. The third kappa shape index (κ3) is 4.74. The van der Waals surface area contributed by atoms with E-state index in [1.165, 1.54) is 0 Å². The number of amides is 1. The zero-order chi connectivity index (χ0) is 20.2. The summed E-state index contributed by atoms with van der Waals surface area (Å²) in [6.45, 7) is 3.57. The first kappa shape index (κ1) is 19.8. The number of piperidine rings is 1. The summed E-state index contributed by atoms with van der Waals surface area (Å²) in [5.41, 5.74) is 6.32. The van der Waals surface area contributed by atoms with Gasteiger partial charge in [-0.1, -0.05) is 11.6 Å². The van der Waals surface area contributed by atoms with Crippen molar-refractivity contribution >= 4 is 23.3 Å². The predicted octanol–water partition coefficient (Wildman–Crippen LogP) is 2.60. The number of carbonyl (C=O) groups excluding carboxylic acids is 1. The molecule has 8 heteroatoms. The van der Waals surface area contributed by atoms with Gasteiger partial charge >= 0.3 is 0 Å². The van der Waals surface area contributed by atoms with Gasteiger partial charge in [0.1, 0.15) is 18.5 Å². The first-order chi connectivity index (χ1) is 14.1. The average Bonchev–Trinajstić information content (AvgIpc) is 2.74. The zero-order valence-corrected chi connectivity index (χ0v) is 16.9. The number of nitrogens with zero attached hydrogens (tertiary/aromatic N) is 2. The van der Waals surface area contributed by atoms with E-state index in [-0.39, 0.29) is 12.0 Å². The van der Waals surface area contributed by atoms with E-state index in [1.807, 2.05) is 11.0 Å². The maximum atomic E-state index is 12.6. The number of nitrogens with one attached hydrogen (secondary N) is 1. The SMILES string of the molecule is Nc1ncccc1C(=O)N1CCC(CNCC2COc3ccc(Cl)cc3O2)CC1. The van der Waals surface area contributed by atoms with Crippen molar-refractivity contribution in [2.24, 2.45) is 5.92 Å². The molecular formula is C21H25ClN4O3. The molecule has 1 atom stereocenters. The molecule has 1 aromatic heterocycles. The Kier molecular flexibility index (Phi) is 6.06. The number of nitrogens with two attached hydrogens (primary N) is 1. The van der Waals surface area contributed by atoms with Crippen LogP contribution in [-0.4, -0.2) is 54.7 Å². The van der Waals surface area contributed by atoms with Gasteiger partial charge in [-0.2, -0.15) is 0 Å². The molecule has 1 unspecified atom stereocenters. The highest BCUT2D eigenvalue weighted by Gasteiger charge is 2.26. The smallest absolute Gasteiger partial charge is 0.257 e. The second-order valence-corrected chi connectivity index (χ2v) is 7.91. The van der Waals surface area contributed by atoms with Crippen molar-refractivity contribution in [3.8, 4) is 11.5 Å². The van der Waals surface area contributed by atoms with Gasteiger partial charge in [-0.15, -0.1) is 0 Å². The third-order valence-electron chi connectivity index (χ3n) is 5.40. The Bertz CT molecular complexity index is 871. The number of fused-ring (bicyclic) bond motifs is 1. The minimum atomic E-state index is -0.0452. The predicted molar refractivity (Wildman–Crippen MR) is 112 cm³/mol. The van der Waals surface area contributed by atoms with Crippen LogP contribution in [0.15, 0.2) is 36.5 Å². The Hall–Kier alpha value is -2.51. The normalized spacial score (nSPS) is 19.2. The Morgan fingerprint density at radius 3 is 2.86 bits per heavy atom. The molecule has 0 radical (unpaired) electrons. The Morgan fingerprint density at radius 2 is 2.07 bits per heavy atom. The highest BCUT2D eigenvalue weighted by molar-refractivity contribution is 6.30. The van der Waals surface area contributed by atoms with E-state index < -0.39 is 0 Å². The number of ether oxygens (including phenoxy) is 2. The van der Waals surface area contributed by atoms with Crippen molar-refractivity contribution in [1.82, 2.24) is 15.2 Å². The van der Waals surface area contributed by atoms with Gasteiger partial charge in [0.25, 0.3) is 5.91 Å². The Balaban J connectivity index is 1.20.